The van der Waals surface area contributed by atoms with Crippen LogP contribution >= 0.6 is 0 Å². The number of carbonyl (C=O) groups is 6. The second kappa shape index (κ2) is 14.7. The molecule has 0 unspecified atom stereocenters. The molecule has 0 N–H and O–H groups in total. The molecule has 4 amide bonds. The van der Waals surface area contributed by atoms with Crippen LogP contribution in [0.4, 0.5) is 23.0 Å². The Labute approximate surface area is 330 Å². The van der Waals surface area contributed by atoms with Crippen LogP contribution in [-0.4, -0.2) is 55.4 Å². The minimum absolute atomic E-state index is 0.00565. The van der Waals surface area contributed by atoms with Gasteiger partial charge >= 0.3 is 23.6 Å². The summed E-state index contributed by atoms with van der Waals surface area (Å²) in [7, 11) is 0. The summed E-state index contributed by atoms with van der Waals surface area (Å²) >= 11 is 0. The molecule has 0 saturated carbocycles. The lowest BCUT2D eigenvalue weighted by Crippen LogP contribution is -2.29. The van der Waals surface area contributed by atoms with Crippen molar-refractivity contribution >= 4 is 58.6 Å². The molecule has 4 aromatic carbocycles. The number of fused-ring (bicyclic) bond motifs is 2. The lowest BCUT2D eigenvalue weighted by atomic mass is 10.0. The minimum atomic E-state index is -0.862. The van der Waals surface area contributed by atoms with Crippen LogP contribution < -0.4 is 19.3 Å². The fraction of sp³-hybridized carbons (Fsp3) is 0.0244. The molecule has 8 rings (SSSR count). The van der Waals surface area contributed by atoms with Crippen molar-refractivity contribution in [2.75, 3.05) is 9.80 Å². The summed E-state index contributed by atoms with van der Waals surface area (Å²) in [6.07, 6.45) is 2.45. The maximum atomic E-state index is 13.4. The summed E-state index contributed by atoms with van der Waals surface area (Å²) in [4.78, 5) is 108. The second-order valence-electron chi connectivity index (χ2n) is 12.9. The first kappa shape index (κ1) is 37.1. The predicted molar refractivity (Wildman–Crippen MR) is 203 cm³/mol. The van der Waals surface area contributed by atoms with Crippen molar-refractivity contribution in [2.24, 2.45) is 0 Å². The number of pyridine rings is 2. The van der Waals surface area contributed by atoms with Gasteiger partial charge in [-0.3, -0.25) is 19.2 Å². The summed E-state index contributed by atoms with van der Waals surface area (Å²) in [5.41, 5.74) is 2.33. The lowest BCUT2D eigenvalue weighted by Gasteiger charge is -2.15. The lowest BCUT2D eigenvalue weighted by molar-refractivity contribution is -0.389. The van der Waals surface area contributed by atoms with Gasteiger partial charge in [0.15, 0.2) is 23.9 Å². The van der Waals surface area contributed by atoms with Gasteiger partial charge in [0, 0.05) is 12.1 Å². The Morgan fingerprint density at radius 1 is 0.508 bits per heavy atom. The normalized spacial score (nSPS) is 12.9. The van der Waals surface area contributed by atoms with E-state index in [-0.39, 0.29) is 44.9 Å². The van der Waals surface area contributed by atoms with Crippen molar-refractivity contribution < 1.29 is 48.1 Å². The van der Waals surface area contributed by atoms with Gasteiger partial charge in [0.1, 0.15) is 0 Å². The molecule has 2 aromatic heterocycles. The number of ether oxygens (including phenoxy) is 2. The van der Waals surface area contributed by atoms with Crippen LogP contribution in [0.25, 0.3) is 0 Å². The maximum absolute atomic E-state index is 13.4. The molecule has 59 heavy (non-hydrogen) atoms. The number of esters is 2. The van der Waals surface area contributed by atoms with Crippen LogP contribution in [0.2, 0.25) is 0 Å². The van der Waals surface area contributed by atoms with E-state index in [4.69, 9.17) is 9.47 Å². The number of carbonyl (C=O) groups excluding carboxylic acids is 6. The largest absolute Gasteiger partial charge is 0.419 e. The average Bonchev–Trinajstić information content (AvgIpc) is 3.64. The first-order valence-corrected chi connectivity index (χ1v) is 17.2. The number of aromatic nitrogens is 2. The Morgan fingerprint density at radius 2 is 0.881 bits per heavy atom. The van der Waals surface area contributed by atoms with Gasteiger partial charge in [-0.25, -0.2) is 19.4 Å². The molecule has 0 radical (unpaired) electrons. The number of imide groups is 2. The van der Waals surface area contributed by atoms with Crippen LogP contribution in [0.15, 0.2) is 122 Å². The van der Waals surface area contributed by atoms with Crippen molar-refractivity contribution in [3.05, 3.63) is 186 Å². The predicted octanol–water partition coefficient (Wildman–Crippen LogP) is 5.92. The molecular formula is C41H22N6O12. The number of amides is 4. The molecule has 4 heterocycles. The summed E-state index contributed by atoms with van der Waals surface area (Å²) < 4.78 is 10.4. The molecule has 6 aromatic rings. The molecular weight excluding hydrogens is 768 g/mol. The molecule has 0 bridgehead atoms. The third-order valence-electron chi connectivity index (χ3n) is 9.28. The highest BCUT2D eigenvalue weighted by Gasteiger charge is 2.39. The number of nitro groups is 2. The maximum Gasteiger partial charge on any atom is 0.363 e. The summed E-state index contributed by atoms with van der Waals surface area (Å²) in [6, 6.07) is 25.8. The quantitative estimate of drug-likeness (QED) is 0.0677. The topological polar surface area (TPSA) is 239 Å². The fourth-order valence-electron chi connectivity index (χ4n) is 6.38. The van der Waals surface area contributed by atoms with Gasteiger partial charge in [0.05, 0.1) is 44.8 Å². The van der Waals surface area contributed by atoms with Crippen LogP contribution in [0.5, 0.6) is 11.5 Å². The van der Waals surface area contributed by atoms with Gasteiger partial charge in [0.2, 0.25) is 0 Å². The van der Waals surface area contributed by atoms with Gasteiger partial charge in [-0.2, -0.15) is 0 Å². The zero-order chi connectivity index (χ0) is 41.5. The Balaban J connectivity index is 0.904. The monoisotopic (exact) mass is 790 g/mol. The average molecular weight is 791 g/mol. The number of benzene rings is 4. The number of anilines is 2. The minimum Gasteiger partial charge on any atom is -0.419 e. The molecule has 288 valence electrons. The molecule has 2 aliphatic rings. The Hall–Kier alpha value is -8.80. The molecule has 0 aliphatic carbocycles. The van der Waals surface area contributed by atoms with Crippen molar-refractivity contribution in [1.82, 2.24) is 9.97 Å². The van der Waals surface area contributed by atoms with E-state index >= 15 is 0 Å². The van der Waals surface area contributed by atoms with E-state index in [9.17, 15) is 49.0 Å². The van der Waals surface area contributed by atoms with Gasteiger partial charge in [-0.1, -0.05) is 24.3 Å². The molecule has 18 heteroatoms. The van der Waals surface area contributed by atoms with E-state index in [1.165, 1.54) is 48.5 Å². The van der Waals surface area contributed by atoms with Gasteiger partial charge in [0.25, 0.3) is 23.6 Å². The highest BCUT2D eigenvalue weighted by molar-refractivity contribution is 6.35. The first-order chi connectivity index (χ1) is 28.4. The van der Waals surface area contributed by atoms with E-state index in [0.29, 0.717) is 17.8 Å². The van der Waals surface area contributed by atoms with Crippen molar-refractivity contribution in [1.29, 1.82) is 0 Å². The third-order valence-corrected chi connectivity index (χ3v) is 9.28. The Bertz CT molecular complexity index is 2610. The van der Waals surface area contributed by atoms with Crippen molar-refractivity contribution in [2.45, 2.75) is 6.42 Å². The van der Waals surface area contributed by atoms with Gasteiger partial charge < -0.3 is 29.7 Å². The first-order valence-electron chi connectivity index (χ1n) is 17.2. The molecule has 18 nitrogen and oxygen atoms in total. The van der Waals surface area contributed by atoms with Gasteiger partial charge in [-0.15, -0.1) is 0 Å². The summed E-state index contributed by atoms with van der Waals surface area (Å²) in [5.74, 6) is -5.16. The van der Waals surface area contributed by atoms with Crippen LogP contribution in [0.3, 0.4) is 0 Å². The zero-order valence-corrected chi connectivity index (χ0v) is 29.8. The number of rotatable bonds is 10. The third kappa shape index (κ3) is 6.99. The standard InChI is InChI=1S/C41H22N6O12/c48-36-30-13-5-24(40(52)58-28-11-15-34(42-20-28)46(54)55)18-32(30)38(50)44(36)26-7-1-22(2-8-26)17-23-3-9-27(10-4-23)45-37(49)31-14-6-25(19-33(31)39(45)51)41(53)59-29-12-16-35(43-21-29)47(56)57/h1-16,18-21H,17H2. The van der Waals surface area contributed by atoms with E-state index in [0.717, 1.165) is 45.5 Å². The molecule has 2 aliphatic heterocycles. The molecule has 0 saturated heterocycles. The highest BCUT2D eigenvalue weighted by atomic mass is 16.6. The van der Waals surface area contributed by atoms with E-state index in [2.05, 4.69) is 9.97 Å². The zero-order valence-electron chi connectivity index (χ0n) is 29.8. The van der Waals surface area contributed by atoms with Crippen molar-refractivity contribution in [3.8, 4) is 11.5 Å². The van der Waals surface area contributed by atoms with E-state index in [1.54, 1.807) is 48.5 Å². The number of hydrogen-bond donors (Lipinski definition) is 0. The van der Waals surface area contributed by atoms with Crippen LogP contribution in [0.1, 0.15) is 73.3 Å². The van der Waals surface area contributed by atoms with E-state index < -0.39 is 57.0 Å². The highest BCUT2D eigenvalue weighted by Crippen LogP contribution is 2.32. The number of hydrogen-bond acceptors (Lipinski definition) is 14. The molecule has 0 atom stereocenters. The fourth-order valence-corrected chi connectivity index (χ4v) is 6.38. The number of nitrogens with zero attached hydrogens (tertiary/aromatic N) is 6. The Kier molecular flexibility index (Phi) is 9.25. The van der Waals surface area contributed by atoms with Crippen molar-refractivity contribution in [3.63, 3.8) is 0 Å². The SMILES string of the molecule is O=C(Oc1ccc([N+](=O)[O-])nc1)c1ccc2c(c1)C(=O)N(c1ccc(Cc3ccc(N4C(=O)c5ccc(C(=O)Oc6ccc([N+](=O)[O-])nc6)cc5C4=O)cc3)cc1)C2=O. The second-order valence-corrected chi connectivity index (χ2v) is 12.9. The van der Waals surface area contributed by atoms with Crippen LogP contribution in [0, 0.1) is 20.2 Å². The summed E-state index contributed by atoms with van der Waals surface area (Å²) in [6.45, 7) is 0. The van der Waals surface area contributed by atoms with Gasteiger partial charge in [-0.05, 0) is 110 Å². The smallest absolute Gasteiger partial charge is 0.363 e. The molecule has 0 spiro atoms. The van der Waals surface area contributed by atoms with Crippen LogP contribution in [-0.2, 0) is 6.42 Å². The van der Waals surface area contributed by atoms with E-state index in [1.807, 2.05) is 0 Å². The summed E-state index contributed by atoms with van der Waals surface area (Å²) in [5, 5.41) is 21.7. The Morgan fingerprint density at radius 3 is 1.22 bits per heavy atom. The molecule has 0 fully saturated rings.